The van der Waals surface area contributed by atoms with Crippen LogP contribution in [0.25, 0.3) is 22.0 Å². The maximum atomic E-state index is 4.56. The molecule has 27 heavy (non-hydrogen) atoms. The molecule has 0 saturated heterocycles. The lowest BCUT2D eigenvalue weighted by molar-refractivity contribution is 0.221. The molecule has 5 heteroatoms. The summed E-state index contributed by atoms with van der Waals surface area (Å²) < 4.78 is 0. The Morgan fingerprint density at radius 2 is 1.70 bits per heavy atom. The van der Waals surface area contributed by atoms with Crippen LogP contribution in [0.5, 0.6) is 0 Å². The van der Waals surface area contributed by atoms with Crippen LogP contribution in [0.3, 0.4) is 0 Å². The van der Waals surface area contributed by atoms with E-state index < -0.39 is 0 Å². The van der Waals surface area contributed by atoms with Crippen LogP contribution in [0.1, 0.15) is 31.4 Å². The summed E-state index contributed by atoms with van der Waals surface area (Å²) >= 11 is 0. The maximum Gasteiger partial charge on any atom is 0.137 e. The third kappa shape index (κ3) is 3.93. The summed E-state index contributed by atoms with van der Waals surface area (Å²) in [7, 11) is 4.36. The topological polar surface area (TPSA) is 53.9 Å². The third-order valence-electron chi connectivity index (χ3n) is 5.65. The first-order valence-electron chi connectivity index (χ1n) is 9.71. The molecule has 0 spiro atoms. The van der Waals surface area contributed by atoms with E-state index in [4.69, 9.17) is 0 Å². The van der Waals surface area contributed by atoms with Gasteiger partial charge in [-0.2, -0.15) is 0 Å². The molecule has 0 aliphatic heterocycles. The Bertz CT molecular complexity index is 912. The zero-order valence-electron chi connectivity index (χ0n) is 16.3. The molecule has 1 aliphatic carbocycles. The van der Waals surface area contributed by atoms with Crippen molar-refractivity contribution < 1.29 is 0 Å². The molecule has 4 rings (SSSR count). The molecule has 3 aromatic rings. The number of rotatable bonds is 4. The van der Waals surface area contributed by atoms with Gasteiger partial charge >= 0.3 is 0 Å². The molecule has 0 radical (unpaired) electrons. The predicted molar refractivity (Wildman–Crippen MR) is 111 cm³/mol. The lowest BCUT2D eigenvalue weighted by Gasteiger charge is -2.33. The number of hydrogen-bond donors (Lipinski definition) is 1. The largest absolute Gasteiger partial charge is 0.367 e. The number of benzene rings is 1. The van der Waals surface area contributed by atoms with Gasteiger partial charge in [0.15, 0.2) is 0 Å². The van der Waals surface area contributed by atoms with E-state index in [1.54, 1.807) is 6.33 Å². The molecule has 0 amide bonds. The van der Waals surface area contributed by atoms with Crippen molar-refractivity contribution in [2.45, 2.75) is 44.7 Å². The van der Waals surface area contributed by atoms with Gasteiger partial charge in [0.2, 0.25) is 0 Å². The molecule has 1 N–H and O–H groups in total. The number of pyridine rings is 1. The molecule has 1 aliphatic rings. The highest BCUT2D eigenvalue weighted by Crippen LogP contribution is 2.29. The molecular weight excluding hydrogens is 334 g/mol. The van der Waals surface area contributed by atoms with E-state index in [-0.39, 0.29) is 0 Å². The fourth-order valence-electron chi connectivity index (χ4n) is 3.92. The van der Waals surface area contributed by atoms with E-state index in [1.165, 1.54) is 25.7 Å². The second-order valence-corrected chi connectivity index (χ2v) is 7.76. The van der Waals surface area contributed by atoms with E-state index >= 15 is 0 Å². The second kappa shape index (κ2) is 7.61. The standard InChI is InChI=1S/C22H27N5/c1-15-4-5-17(13-23-15)16-6-11-21-20(12-16)22(25-14-24-21)26-18-7-9-19(10-8-18)27(2)3/h4-6,11-14,18-19H,7-10H2,1-3H3,(H,24,25,26). The summed E-state index contributed by atoms with van der Waals surface area (Å²) in [5.74, 6) is 0.940. The second-order valence-electron chi connectivity index (χ2n) is 7.76. The first-order valence-corrected chi connectivity index (χ1v) is 9.71. The average molecular weight is 361 g/mol. The third-order valence-corrected chi connectivity index (χ3v) is 5.65. The van der Waals surface area contributed by atoms with E-state index in [2.05, 4.69) is 63.5 Å². The molecule has 0 atom stereocenters. The van der Waals surface area contributed by atoms with Crippen molar-refractivity contribution in [3.63, 3.8) is 0 Å². The highest BCUT2D eigenvalue weighted by atomic mass is 15.1. The van der Waals surface area contributed by atoms with Crippen LogP contribution >= 0.6 is 0 Å². The Morgan fingerprint density at radius 3 is 2.41 bits per heavy atom. The Labute approximate surface area is 160 Å². The quantitative estimate of drug-likeness (QED) is 0.751. The van der Waals surface area contributed by atoms with Crippen molar-refractivity contribution >= 4 is 16.7 Å². The molecule has 2 aromatic heterocycles. The molecule has 1 saturated carbocycles. The highest BCUT2D eigenvalue weighted by Gasteiger charge is 2.23. The molecule has 1 fully saturated rings. The van der Waals surface area contributed by atoms with E-state index in [0.717, 1.165) is 33.5 Å². The van der Waals surface area contributed by atoms with E-state index in [0.29, 0.717) is 12.1 Å². The number of nitrogens with zero attached hydrogens (tertiary/aromatic N) is 4. The van der Waals surface area contributed by atoms with Crippen LogP contribution in [0.2, 0.25) is 0 Å². The Hall–Kier alpha value is -2.53. The minimum absolute atomic E-state index is 0.476. The van der Waals surface area contributed by atoms with Gasteiger partial charge in [-0.05, 0) is 70.5 Å². The Morgan fingerprint density at radius 1 is 0.926 bits per heavy atom. The van der Waals surface area contributed by atoms with Gasteiger partial charge in [0.1, 0.15) is 12.1 Å². The van der Waals surface area contributed by atoms with Gasteiger partial charge in [0.25, 0.3) is 0 Å². The van der Waals surface area contributed by atoms with Crippen molar-refractivity contribution in [2.75, 3.05) is 19.4 Å². The number of nitrogens with one attached hydrogen (secondary N) is 1. The van der Waals surface area contributed by atoms with Gasteiger partial charge in [-0.15, -0.1) is 0 Å². The number of fused-ring (bicyclic) bond motifs is 1. The zero-order valence-corrected chi connectivity index (χ0v) is 16.3. The van der Waals surface area contributed by atoms with Crippen LogP contribution in [0, 0.1) is 6.92 Å². The van der Waals surface area contributed by atoms with Gasteiger partial charge < -0.3 is 10.2 Å². The van der Waals surface area contributed by atoms with Crippen molar-refractivity contribution in [3.05, 3.63) is 48.5 Å². The summed E-state index contributed by atoms with van der Waals surface area (Å²) in [5, 5.41) is 4.76. The minimum atomic E-state index is 0.476. The molecule has 2 heterocycles. The van der Waals surface area contributed by atoms with Gasteiger partial charge in [0.05, 0.1) is 5.52 Å². The molecule has 0 unspecified atom stereocenters. The first kappa shape index (κ1) is 17.9. The average Bonchev–Trinajstić information content (AvgIpc) is 2.69. The normalized spacial score (nSPS) is 20.1. The van der Waals surface area contributed by atoms with Gasteiger partial charge in [0, 0.05) is 34.9 Å². The van der Waals surface area contributed by atoms with Gasteiger partial charge in [-0.3, -0.25) is 4.98 Å². The van der Waals surface area contributed by atoms with E-state index in [9.17, 15) is 0 Å². The molecule has 0 bridgehead atoms. The van der Waals surface area contributed by atoms with Crippen LogP contribution in [-0.4, -0.2) is 46.0 Å². The summed E-state index contributed by atoms with van der Waals surface area (Å²) in [6.07, 6.45) is 8.40. The van der Waals surface area contributed by atoms with Gasteiger partial charge in [-0.25, -0.2) is 9.97 Å². The molecule has 5 nitrogen and oxygen atoms in total. The van der Waals surface area contributed by atoms with Crippen LogP contribution in [0.4, 0.5) is 5.82 Å². The van der Waals surface area contributed by atoms with Crippen molar-refractivity contribution in [1.29, 1.82) is 0 Å². The monoisotopic (exact) mass is 361 g/mol. The highest BCUT2D eigenvalue weighted by molar-refractivity contribution is 5.92. The molecular formula is C22H27N5. The molecule has 1 aromatic carbocycles. The molecule has 140 valence electrons. The number of aromatic nitrogens is 3. The van der Waals surface area contributed by atoms with Crippen LogP contribution in [0.15, 0.2) is 42.9 Å². The SMILES string of the molecule is Cc1ccc(-c2ccc3ncnc(NC4CCC(N(C)C)CC4)c3c2)cn1. The van der Waals surface area contributed by atoms with Crippen LogP contribution < -0.4 is 5.32 Å². The number of hydrogen-bond acceptors (Lipinski definition) is 5. The first-order chi connectivity index (χ1) is 13.1. The fraction of sp³-hybridized carbons (Fsp3) is 0.409. The van der Waals surface area contributed by atoms with Crippen LogP contribution in [-0.2, 0) is 0 Å². The summed E-state index contributed by atoms with van der Waals surface area (Å²) in [6, 6.07) is 11.7. The van der Waals surface area contributed by atoms with Crippen molar-refractivity contribution in [2.24, 2.45) is 0 Å². The number of aryl methyl sites for hydroxylation is 1. The number of anilines is 1. The maximum absolute atomic E-state index is 4.56. The van der Waals surface area contributed by atoms with E-state index in [1.807, 2.05) is 19.2 Å². The lowest BCUT2D eigenvalue weighted by atomic mass is 9.90. The Kier molecular flexibility index (Phi) is 5.03. The predicted octanol–water partition coefficient (Wildman–Crippen LogP) is 4.28. The fourth-order valence-corrected chi connectivity index (χ4v) is 3.92. The summed E-state index contributed by atoms with van der Waals surface area (Å²) in [4.78, 5) is 15.8. The zero-order chi connectivity index (χ0) is 18.8. The minimum Gasteiger partial charge on any atom is -0.367 e. The Balaban J connectivity index is 1.59. The summed E-state index contributed by atoms with van der Waals surface area (Å²) in [6.45, 7) is 2.01. The van der Waals surface area contributed by atoms with Crippen molar-refractivity contribution in [3.8, 4) is 11.1 Å². The van der Waals surface area contributed by atoms with Crippen molar-refractivity contribution in [1.82, 2.24) is 19.9 Å². The smallest absolute Gasteiger partial charge is 0.137 e. The van der Waals surface area contributed by atoms with Gasteiger partial charge in [-0.1, -0.05) is 12.1 Å². The summed E-state index contributed by atoms with van der Waals surface area (Å²) in [5.41, 5.74) is 4.25. The lowest BCUT2D eigenvalue weighted by Crippen LogP contribution is -2.36.